The van der Waals surface area contributed by atoms with Crippen LogP contribution in [0.5, 0.6) is 0 Å². The summed E-state index contributed by atoms with van der Waals surface area (Å²) in [4.78, 5) is 27.3. The fourth-order valence-electron chi connectivity index (χ4n) is 3.48. The van der Waals surface area contributed by atoms with Gasteiger partial charge in [0.2, 0.25) is 21.8 Å². The van der Waals surface area contributed by atoms with Gasteiger partial charge in [-0.05, 0) is 62.7 Å². The molecular weight excluding hydrogens is 404 g/mol. The van der Waals surface area contributed by atoms with Crippen LogP contribution in [0.2, 0.25) is 0 Å². The molecule has 8 nitrogen and oxygen atoms in total. The van der Waals surface area contributed by atoms with Crippen molar-refractivity contribution >= 4 is 33.2 Å². The molecule has 1 heterocycles. The van der Waals surface area contributed by atoms with Crippen LogP contribution >= 0.6 is 0 Å². The van der Waals surface area contributed by atoms with Crippen molar-refractivity contribution in [3.05, 3.63) is 54.6 Å². The molecule has 1 fully saturated rings. The van der Waals surface area contributed by atoms with Crippen molar-refractivity contribution in [1.29, 1.82) is 0 Å². The number of rotatable bonds is 6. The van der Waals surface area contributed by atoms with E-state index in [1.54, 1.807) is 6.92 Å². The number of amides is 2. The van der Waals surface area contributed by atoms with Crippen LogP contribution in [0, 0.1) is 5.92 Å². The minimum Gasteiger partial charge on any atom is -0.326 e. The van der Waals surface area contributed by atoms with E-state index in [2.05, 4.69) is 10.6 Å². The number of hydrogen-bond acceptors (Lipinski definition) is 5. The first-order valence-electron chi connectivity index (χ1n) is 9.78. The second-order valence-corrected chi connectivity index (χ2v) is 8.99. The molecule has 0 aromatic heterocycles. The number of hydrogen-bond donors (Lipinski definition) is 3. The zero-order chi connectivity index (χ0) is 21.7. The molecule has 2 amide bonds. The molecule has 0 radical (unpaired) electrons. The second-order valence-electron chi connectivity index (χ2n) is 7.42. The summed E-state index contributed by atoms with van der Waals surface area (Å²) in [6.07, 6.45) is 1.60. The Labute approximate surface area is 176 Å². The van der Waals surface area contributed by atoms with Crippen LogP contribution in [0.4, 0.5) is 11.4 Å². The molecule has 2 aromatic rings. The Balaban J connectivity index is 1.58. The highest BCUT2D eigenvalue weighted by Crippen LogP contribution is 2.21. The largest absolute Gasteiger partial charge is 0.326 e. The van der Waals surface area contributed by atoms with Crippen molar-refractivity contribution in [2.75, 3.05) is 23.7 Å². The monoisotopic (exact) mass is 430 g/mol. The topological polar surface area (TPSA) is 122 Å². The van der Waals surface area contributed by atoms with Crippen molar-refractivity contribution in [1.82, 2.24) is 4.90 Å². The molecule has 4 N–H and O–H groups in total. The van der Waals surface area contributed by atoms with Gasteiger partial charge in [0.15, 0.2) is 0 Å². The molecule has 2 aromatic carbocycles. The second kappa shape index (κ2) is 9.38. The lowest BCUT2D eigenvalue weighted by atomic mass is 9.95. The number of anilines is 2. The average Bonchev–Trinajstić information content (AvgIpc) is 2.73. The third-order valence-corrected chi connectivity index (χ3v) is 6.17. The van der Waals surface area contributed by atoms with Crippen LogP contribution in [0.1, 0.15) is 19.8 Å². The lowest BCUT2D eigenvalue weighted by Crippen LogP contribution is -2.49. The van der Waals surface area contributed by atoms with Crippen LogP contribution in [0.25, 0.3) is 0 Å². The maximum absolute atomic E-state index is 12.7. The number of piperidine rings is 1. The van der Waals surface area contributed by atoms with Gasteiger partial charge >= 0.3 is 0 Å². The predicted octanol–water partition coefficient (Wildman–Crippen LogP) is 2.01. The Morgan fingerprint density at radius 1 is 1.03 bits per heavy atom. The Morgan fingerprint density at radius 3 is 2.30 bits per heavy atom. The van der Waals surface area contributed by atoms with E-state index < -0.39 is 16.1 Å². The van der Waals surface area contributed by atoms with E-state index in [4.69, 9.17) is 5.14 Å². The van der Waals surface area contributed by atoms with Crippen molar-refractivity contribution < 1.29 is 18.0 Å². The summed E-state index contributed by atoms with van der Waals surface area (Å²) in [5.74, 6) is -0.456. The van der Waals surface area contributed by atoms with E-state index in [-0.39, 0.29) is 22.6 Å². The predicted molar refractivity (Wildman–Crippen MR) is 115 cm³/mol. The number of nitrogens with zero attached hydrogens (tertiary/aromatic N) is 1. The van der Waals surface area contributed by atoms with Crippen LogP contribution in [0.3, 0.4) is 0 Å². The van der Waals surface area contributed by atoms with E-state index >= 15 is 0 Å². The molecule has 1 aliphatic heterocycles. The molecule has 3 rings (SSSR count). The van der Waals surface area contributed by atoms with E-state index in [0.717, 1.165) is 25.1 Å². The van der Waals surface area contributed by atoms with Gasteiger partial charge in [0.05, 0.1) is 16.9 Å². The standard InChI is InChI=1S/C21H26N4O4S/c1-15(20(26)23-18-9-11-19(12-10-18)30(22,28)29)25-13-5-6-16(14-25)21(27)24-17-7-3-2-4-8-17/h2-4,7-12,15-16H,5-6,13-14H2,1H3,(H,23,26)(H,24,27)(H2,22,28,29)/t15-,16-/m0/s1. The molecule has 30 heavy (non-hydrogen) atoms. The highest BCUT2D eigenvalue weighted by atomic mass is 32.2. The first-order valence-corrected chi connectivity index (χ1v) is 11.3. The number of likely N-dealkylation sites (tertiary alicyclic amines) is 1. The van der Waals surface area contributed by atoms with Crippen molar-refractivity contribution in [3.8, 4) is 0 Å². The summed E-state index contributed by atoms with van der Waals surface area (Å²) in [7, 11) is -3.78. The minimum absolute atomic E-state index is 0.0168. The fourth-order valence-corrected chi connectivity index (χ4v) is 3.99. The van der Waals surface area contributed by atoms with Gasteiger partial charge in [0, 0.05) is 17.9 Å². The highest BCUT2D eigenvalue weighted by molar-refractivity contribution is 7.89. The lowest BCUT2D eigenvalue weighted by Gasteiger charge is -2.35. The van der Waals surface area contributed by atoms with Crippen molar-refractivity contribution in [2.45, 2.75) is 30.7 Å². The smallest absolute Gasteiger partial charge is 0.241 e. The Kier molecular flexibility index (Phi) is 6.86. The maximum atomic E-state index is 12.7. The Bertz CT molecular complexity index is 993. The molecule has 1 aliphatic rings. The van der Waals surface area contributed by atoms with E-state index in [9.17, 15) is 18.0 Å². The summed E-state index contributed by atoms with van der Waals surface area (Å²) < 4.78 is 22.7. The minimum atomic E-state index is -3.78. The summed E-state index contributed by atoms with van der Waals surface area (Å²) in [5.41, 5.74) is 1.24. The molecule has 1 saturated heterocycles. The van der Waals surface area contributed by atoms with Gasteiger partial charge in [-0.3, -0.25) is 14.5 Å². The van der Waals surface area contributed by atoms with Crippen molar-refractivity contribution in [2.24, 2.45) is 11.1 Å². The number of carbonyl (C=O) groups is 2. The quantitative estimate of drug-likeness (QED) is 0.647. The van der Waals surface area contributed by atoms with Crippen LogP contribution in [0.15, 0.2) is 59.5 Å². The van der Waals surface area contributed by atoms with Gasteiger partial charge in [-0.25, -0.2) is 13.6 Å². The highest BCUT2D eigenvalue weighted by Gasteiger charge is 2.31. The number of carbonyl (C=O) groups excluding carboxylic acids is 2. The van der Waals surface area contributed by atoms with Gasteiger partial charge in [-0.2, -0.15) is 0 Å². The summed E-state index contributed by atoms with van der Waals surface area (Å²) >= 11 is 0. The number of nitrogens with two attached hydrogens (primary N) is 1. The summed E-state index contributed by atoms with van der Waals surface area (Å²) in [6, 6.07) is 14.6. The zero-order valence-electron chi connectivity index (χ0n) is 16.7. The zero-order valence-corrected chi connectivity index (χ0v) is 17.6. The van der Waals surface area contributed by atoms with Gasteiger partial charge < -0.3 is 10.6 Å². The SMILES string of the molecule is C[C@@H](C(=O)Nc1ccc(S(N)(=O)=O)cc1)N1CCC[C@H](C(=O)Nc2ccccc2)C1. The summed E-state index contributed by atoms with van der Waals surface area (Å²) in [5, 5.41) is 10.8. The third kappa shape index (κ3) is 5.65. The number of para-hydroxylation sites is 1. The van der Waals surface area contributed by atoms with Crippen molar-refractivity contribution in [3.63, 3.8) is 0 Å². The lowest BCUT2D eigenvalue weighted by molar-refractivity contribution is -0.125. The first kappa shape index (κ1) is 21.9. The molecular formula is C21H26N4O4S. The van der Waals surface area contributed by atoms with Gasteiger partial charge in [0.1, 0.15) is 0 Å². The molecule has 2 atom stereocenters. The van der Waals surface area contributed by atoms with Crippen LogP contribution < -0.4 is 15.8 Å². The molecule has 0 unspecified atom stereocenters. The van der Waals surface area contributed by atoms with Gasteiger partial charge in [-0.1, -0.05) is 18.2 Å². The Hall–Kier alpha value is -2.75. The fraction of sp³-hybridized carbons (Fsp3) is 0.333. The maximum Gasteiger partial charge on any atom is 0.241 e. The van der Waals surface area contributed by atoms with E-state index in [1.165, 1.54) is 24.3 Å². The van der Waals surface area contributed by atoms with Crippen LogP contribution in [-0.4, -0.2) is 44.3 Å². The molecule has 0 aliphatic carbocycles. The molecule has 0 saturated carbocycles. The van der Waals surface area contributed by atoms with E-state index in [0.29, 0.717) is 12.2 Å². The van der Waals surface area contributed by atoms with Crippen LogP contribution in [-0.2, 0) is 19.6 Å². The van der Waals surface area contributed by atoms with E-state index in [1.807, 2.05) is 35.2 Å². The van der Waals surface area contributed by atoms with Gasteiger partial charge in [-0.15, -0.1) is 0 Å². The first-order chi connectivity index (χ1) is 14.2. The number of nitrogens with one attached hydrogen (secondary N) is 2. The molecule has 0 bridgehead atoms. The summed E-state index contributed by atoms with van der Waals surface area (Å²) in [6.45, 7) is 3.02. The number of benzene rings is 2. The normalized spacial score (nSPS) is 18.4. The number of sulfonamides is 1. The Morgan fingerprint density at radius 2 is 1.67 bits per heavy atom. The molecule has 9 heteroatoms. The average molecular weight is 431 g/mol. The molecule has 160 valence electrons. The van der Waals surface area contributed by atoms with Gasteiger partial charge in [0.25, 0.3) is 0 Å². The molecule has 0 spiro atoms. The number of primary sulfonamides is 1. The third-order valence-electron chi connectivity index (χ3n) is 5.24.